The summed E-state index contributed by atoms with van der Waals surface area (Å²) in [5, 5.41) is 6.92. The summed E-state index contributed by atoms with van der Waals surface area (Å²) in [6.07, 6.45) is 3.88. The molecule has 2 heterocycles. The van der Waals surface area contributed by atoms with Crippen LogP contribution in [-0.2, 0) is 17.8 Å². The molecule has 0 saturated carbocycles. The molecule has 0 aromatic heterocycles. The van der Waals surface area contributed by atoms with Gasteiger partial charge in [-0.1, -0.05) is 24.3 Å². The normalized spacial score (nSPS) is 18.7. The first-order valence-corrected chi connectivity index (χ1v) is 10.4. The first kappa shape index (κ1) is 23.4. The van der Waals surface area contributed by atoms with Crippen molar-refractivity contribution in [2.75, 3.05) is 59.5 Å². The van der Waals surface area contributed by atoms with Crippen LogP contribution in [0.1, 0.15) is 30.4 Å². The molecule has 2 aliphatic heterocycles. The molecule has 0 bridgehead atoms. The van der Waals surface area contributed by atoms with E-state index >= 15 is 0 Å². The van der Waals surface area contributed by atoms with E-state index in [1.54, 1.807) is 0 Å². The zero-order valence-corrected chi connectivity index (χ0v) is 19.5. The van der Waals surface area contributed by atoms with Gasteiger partial charge in [-0.15, -0.1) is 24.0 Å². The Bertz CT molecular complexity index is 586. The van der Waals surface area contributed by atoms with Gasteiger partial charge in [0.1, 0.15) is 0 Å². The van der Waals surface area contributed by atoms with Crippen LogP contribution in [0.5, 0.6) is 0 Å². The number of morpholine rings is 1. The van der Waals surface area contributed by atoms with Crippen molar-refractivity contribution in [1.82, 2.24) is 20.4 Å². The average molecular weight is 501 g/mol. The second kappa shape index (κ2) is 13.3. The van der Waals surface area contributed by atoms with Crippen molar-refractivity contribution in [1.29, 1.82) is 0 Å². The third kappa shape index (κ3) is 7.85. The maximum absolute atomic E-state index is 5.46. The van der Waals surface area contributed by atoms with Crippen molar-refractivity contribution in [2.24, 2.45) is 4.99 Å². The highest BCUT2D eigenvalue weighted by Gasteiger charge is 2.13. The molecule has 1 aromatic rings. The summed E-state index contributed by atoms with van der Waals surface area (Å²) in [5.41, 5.74) is 2.72. The van der Waals surface area contributed by atoms with Gasteiger partial charge in [0, 0.05) is 39.8 Å². The average Bonchev–Trinajstić information content (AvgIpc) is 3.23. The number of hydrogen-bond acceptors (Lipinski definition) is 4. The molecular formula is C21H36IN5O. The van der Waals surface area contributed by atoms with E-state index in [9.17, 15) is 0 Å². The Morgan fingerprint density at radius 1 is 1.00 bits per heavy atom. The van der Waals surface area contributed by atoms with Crippen LogP contribution in [0.3, 0.4) is 0 Å². The number of nitrogens with one attached hydrogen (secondary N) is 2. The van der Waals surface area contributed by atoms with E-state index in [1.165, 1.54) is 43.6 Å². The van der Waals surface area contributed by atoms with Crippen LogP contribution in [0.25, 0.3) is 0 Å². The molecule has 1 aromatic carbocycles. The van der Waals surface area contributed by atoms with E-state index in [1.807, 2.05) is 7.05 Å². The number of aliphatic imine (C=N–C) groups is 1. The number of likely N-dealkylation sites (tertiary alicyclic amines) is 1. The lowest BCUT2D eigenvalue weighted by Gasteiger charge is -2.27. The monoisotopic (exact) mass is 501 g/mol. The minimum atomic E-state index is 0. The third-order valence-corrected chi connectivity index (χ3v) is 5.43. The minimum absolute atomic E-state index is 0. The molecule has 0 spiro atoms. The number of hydrogen-bond donors (Lipinski definition) is 2. The molecule has 7 heteroatoms. The Labute approximate surface area is 187 Å². The summed E-state index contributed by atoms with van der Waals surface area (Å²) in [6.45, 7) is 10.2. The molecule has 0 amide bonds. The van der Waals surface area contributed by atoms with Crippen LogP contribution in [0.4, 0.5) is 0 Å². The van der Waals surface area contributed by atoms with Gasteiger partial charge in [0.05, 0.1) is 13.2 Å². The van der Waals surface area contributed by atoms with Crippen LogP contribution >= 0.6 is 24.0 Å². The molecule has 158 valence electrons. The summed E-state index contributed by atoms with van der Waals surface area (Å²) in [6, 6.07) is 8.69. The molecule has 0 unspecified atom stereocenters. The zero-order valence-electron chi connectivity index (χ0n) is 17.2. The number of nitrogens with zero attached hydrogens (tertiary/aromatic N) is 3. The van der Waals surface area contributed by atoms with Gasteiger partial charge in [0.15, 0.2) is 5.96 Å². The second-order valence-electron chi connectivity index (χ2n) is 7.41. The van der Waals surface area contributed by atoms with E-state index in [2.05, 4.69) is 49.7 Å². The molecule has 2 saturated heterocycles. The molecule has 28 heavy (non-hydrogen) atoms. The van der Waals surface area contributed by atoms with E-state index in [0.717, 1.165) is 58.3 Å². The highest BCUT2D eigenvalue weighted by Crippen LogP contribution is 2.13. The number of guanidine groups is 1. The molecule has 6 nitrogen and oxygen atoms in total. The number of halogens is 1. The first-order valence-electron chi connectivity index (χ1n) is 10.4. The molecule has 2 N–H and O–H groups in total. The predicted molar refractivity (Wildman–Crippen MR) is 126 cm³/mol. The van der Waals surface area contributed by atoms with E-state index < -0.39 is 0 Å². The summed E-state index contributed by atoms with van der Waals surface area (Å²) in [4.78, 5) is 9.39. The summed E-state index contributed by atoms with van der Waals surface area (Å²) < 4.78 is 5.46. The molecule has 0 radical (unpaired) electrons. The van der Waals surface area contributed by atoms with Crippen molar-refractivity contribution >= 4 is 29.9 Å². The Hall–Kier alpha value is -0.900. The maximum atomic E-state index is 5.46. The quantitative estimate of drug-likeness (QED) is 0.248. The predicted octanol–water partition coefficient (Wildman–Crippen LogP) is 2.29. The van der Waals surface area contributed by atoms with Crippen molar-refractivity contribution in [2.45, 2.75) is 32.4 Å². The van der Waals surface area contributed by atoms with Crippen LogP contribution in [0.15, 0.2) is 29.3 Å². The Balaban J connectivity index is 0.00000280. The molecule has 3 rings (SSSR count). The summed E-state index contributed by atoms with van der Waals surface area (Å²) in [7, 11) is 1.84. The van der Waals surface area contributed by atoms with Crippen molar-refractivity contribution in [3.63, 3.8) is 0 Å². The van der Waals surface area contributed by atoms with Crippen molar-refractivity contribution in [3.8, 4) is 0 Å². The smallest absolute Gasteiger partial charge is 0.191 e. The van der Waals surface area contributed by atoms with E-state index in [-0.39, 0.29) is 24.0 Å². The number of rotatable bonds is 8. The van der Waals surface area contributed by atoms with Gasteiger partial charge in [-0.3, -0.25) is 9.89 Å². The lowest BCUT2D eigenvalue weighted by Crippen LogP contribution is -2.39. The van der Waals surface area contributed by atoms with Crippen LogP contribution in [-0.4, -0.2) is 75.3 Å². The van der Waals surface area contributed by atoms with Crippen LogP contribution < -0.4 is 10.6 Å². The number of ether oxygens (including phenoxy) is 1. The van der Waals surface area contributed by atoms with Crippen LogP contribution in [0.2, 0.25) is 0 Å². The lowest BCUT2D eigenvalue weighted by molar-refractivity contribution is 0.0341. The topological polar surface area (TPSA) is 52.1 Å². The van der Waals surface area contributed by atoms with Gasteiger partial charge in [0.2, 0.25) is 0 Å². The fourth-order valence-corrected chi connectivity index (χ4v) is 3.80. The van der Waals surface area contributed by atoms with Gasteiger partial charge in [-0.05, 0) is 50.0 Å². The van der Waals surface area contributed by atoms with Gasteiger partial charge in [-0.2, -0.15) is 0 Å². The Kier molecular flexibility index (Phi) is 11.1. The maximum Gasteiger partial charge on any atom is 0.191 e. The fourth-order valence-electron chi connectivity index (χ4n) is 3.80. The van der Waals surface area contributed by atoms with E-state index in [4.69, 9.17) is 4.74 Å². The number of benzene rings is 1. The zero-order chi connectivity index (χ0) is 18.7. The molecule has 2 aliphatic rings. The third-order valence-electron chi connectivity index (χ3n) is 5.43. The molecule has 2 fully saturated rings. The SMILES string of the molecule is CN=C(NCCCN1CCCC1)NCc1ccccc1CN1CCOCC1.I. The van der Waals surface area contributed by atoms with Crippen molar-refractivity contribution in [3.05, 3.63) is 35.4 Å². The highest BCUT2D eigenvalue weighted by molar-refractivity contribution is 14.0. The van der Waals surface area contributed by atoms with Gasteiger partial charge < -0.3 is 20.3 Å². The Morgan fingerprint density at radius 2 is 1.71 bits per heavy atom. The summed E-state index contributed by atoms with van der Waals surface area (Å²) >= 11 is 0. The standard InChI is InChI=1S/C21H35N5O.HI/c1-22-21(23-9-6-12-25-10-4-5-11-25)24-17-19-7-2-3-8-20(19)18-26-13-15-27-16-14-26;/h2-3,7-8H,4-6,9-18H2,1H3,(H2,22,23,24);1H. The van der Waals surface area contributed by atoms with Crippen molar-refractivity contribution < 1.29 is 4.74 Å². The fraction of sp³-hybridized carbons (Fsp3) is 0.667. The largest absolute Gasteiger partial charge is 0.379 e. The van der Waals surface area contributed by atoms with Gasteiger partial charge in [-0.25, -0.2) is 0 Å². The molecule has 0 aliphatic carbocycles. The minimum Gasteiger partial charge on any atom is -0.379 e. The van der Waals surface area contributed by atoms with Gasteiger partial charge in [0.25, 0.3) is 0 Å². The van der Waals surface area contributed by atoms with Crippen LogP contribution in [0, 0.1) is 0 Å². The lowest BCUT2D eigenvalue weighted by atomic mass is 10.1. The molecular weight excluding hydrogens is 465 g/mol. The van der Waals surface area contributed by atoms with E-state index in [0.29, 0.717) is 0 Å². The first-order chi connectivity index (χ1) is 13.3. The van der Waals surface area contributed by atoms with Gasteiger partial charge >= 0.3 is 0 Å². The summed E-state index contributed by atoms with van der Waals surface area (Å²) in [5.74, 6) is 0.887. The second-order valence-corrected chi connectivity index (χ2v) is 7.41. The highest BCUT2D eigenvalue weighted by atomic mass is 127. The molecule has 0 atom stereocenters. The Morgan fingerprint density at radius 3 is 2.43 bits per heavy atom.